The fourth-order valence-electron chi connectivity index (χ4n) is 3.54. The normalized spacial score (nSPS) is 19.4. The zero-order valence-electron chi connectivity index (χ0n) is 16.6. The topological polar surface area (TPSA) is 97.4 Å². The lowest BCUT2D eigenvalue weighted by molar-refractivity contribution is -0.208. The molecule has 2 N–H and O–H groups in total. The highest BCUT2D eigenvalue weighted by molar-refractivity contribution is 6.07. The molecule has 1 aromatic heterocycles. The third kappa shape index (κ3) is 3.86. The Morgan fingerprint density at radius 1 is 1.06 bits per heavy atom. The minimum Gasteiger partial charge on any atom is -0.448 e. The first-order valence-corrected chi connectivity index (χ1v) is 9.44. The number of amides is 3. The molecule has 0 aliphatic carbocycles. The molecule has 0 spiro atoms. The van der Waals surface area contributed by atoms with E-state index in [4.69, 9.17) is 0 Å². The van der Waals surface area contributed by atoms with Gasteiger partial charge in [0.1, 0.15) is 0 Å². The zero-order valence-corrected chi connectivity index (χ0v) is 16.6. The van der Waals surface area contributed by atoms with Gasteiger partial charge in [0.2, 0.25) is 0 Å². The second-order valence-corrected chi connectivity index (χ2v) is 7.43. The second-order valence-electron chi connectivity index (χ2n) is 7.43. The average molecular weight is 443 g/mol. The van der Waals surface area contributed by atoms with Crippen molar-refractivity contribution in [1.29, 1.82) is 0 Å². The minimum atomic E-state index is -5.27. The number of halogens is 3. The monoisotopic (exact) mass is 443 g/mol. The Kier molecular flexibility index (Phi) is 5.08. The summed E-state index contributed by atoms with van der Waals surface area (Å²) in [6.07, 6.45) is -5.30. The van der Waals surface area contributed by atoms with Crippen LogP contribution in [-0.4, -0.2) is 34.6 Å². The van der Waals surface area contributed by atoms with Crippen molar-refractivity contribution in [1.82, 2.24) is 15.6 Å². The van der Waals surface area contributed by atoms with E-state index in [1.807, 2.05) is 29.6 Å². The van der Waals surface area contributed by atoms with Crippen molar-refractivity contribution in [3.8, 4) is 11.1 Å². The predicted octanol–water partition coefficient (Wildman–Crippen LogP) is 3.65. The highest BCUT2D eigenvalue weighted by atomic mass is 19.4. The van der Waals surface area contributed by atoms with Crippen molar-refractivity contribution in [3.05, 3.63) is 66.4 Å². The Bertz CT molecular complexity index is 1230. The Morgan fingerprint density at radius 3 is 2.38 bits per heavy atom. The van der Waals surface area contributed by atoms with Gasteiger partial charge < -0.3 is 10.1 Å². The summed E-state index contributed by atoms with van der Waals surface area (Å²) >= 11 is 0. The van der Waals surface area contributed by atoms with E-state index in [0.29, 0.717) is 0 Å². The molecule has 3 amide bonds. The van der Waals surface area contributed by atoms with Gasteiger partial charge in [-0.3, -0.25) is 15.1 Å². The number of urea groups is 1. The van der Waals surface area contributed by atoms with Crippen LogP contribution in [0.5, 0.6) is 0 Å². The molecule has 1 saturated heterocycles. The molecule has 2 aromatic carbocycles. The van der Waals surface area contributed by atoms with Gasteiger partial charge in [-0.25, -0.2) is 9.59 Å². The lowest BCUT2D eigenvalue weighted by Crippen LogP contribution is -2.51. The highest BCUT2D eigenvalue weighted by Gasteiger charge is 2.53. The van der Waals surface area contributed by atoms with Crippen molar-refractivity contribution in [3.63, 3.8) is 0 Å². The van der Waals surface area contributed by atoms with Crippen LogP contribution < -0.4 is 10.6 Å². The van der Waals surface area contributed by atoms with E-state index < -0.39 is 35.7 Å². The van der Waals surface area contributed by atoms with Crippen LogP contribution in [0, 0.1) is 0 Å². The van der Waals surface area contributed by atoms with Gasteiger partial charge >= 0.3 is 18.2 Å². The molecule has 164 valence electrons. The van der Waals surface area contributed by atoms with Crippen LogP contribution in [0.25, 0.3) is 22.0 Å². The number of fused-ring (bicyclic) bond motifs is 1. The van der Waals surface area contributed by atoms with E-state index in [0.717, 1.165) is 22.0 Å². The van der Waals surface area contributed by atoms with E-state index in [9.17, 15) is 27.6 Å². The van der Waals surface area contributed by atoms with Crippen LogP contribution in [0.1, 0.15) is 18.6 Å². The maximum absolute atomic E-state index is 12.9. The number of rotatable bonds is 4. The number of esters is 1. The lowest BCUT2D eigenvalue weighted by atomic mass is 9.88. The Labute approximate surface area is 179 Å². The molecular formula is C22H16F3N3O4. The molecule has 1 fully saturated rings. The first-order chi connectivity index (χ1) is 15.1. The average Bonchev–Trinajstić information content (AvgIpc) is 3.02. The van der Waals surface area contributed by atoms with Crippen LogP contribution in [0.4, 0.5) is 18.0 Å². The van der Waals surface area contributed by atoms with Crippen LogP contribution in [0.15, 0.2) is 60.8 Å². The number of nitrogens with one attached hydrogen (secondary N) is 2. The number of hydrogen-bond donors (Lipinski definition) is 2. The number of carbonyl (C=O) groups excluding carboxylic acids is 3. The van der Waals surface area contributed by atoms with E-state index in [1.54, 1.807) is 24.4 Å². The molecular weight excluding hydrogens is 427 g/mol. The van der Waals surface area contributed by atoms with Crippen LogP contribution in [0.3, 0.4) is 0 Å². The molecule has 0 saturated carbocycles. The van der Waals surface area contributed by atoms with Crippen LogP contribution >= 0.6 is 0 Å². The van der Waals surface area contributed by atoms with Gasteiger partial charge in [0, 0.05) is 11.6 Å². The molecule has 3 aromatic rings. The van der Waals surface area contributed by atoms with Crippen LogP contribution in [-0.2, 0) is 14.3 Å². The number of ether oxygens (including phenoxy) is 1. The number of benzene rings is 2. The molecule has 0 radical (unpaired) electrons. The SMILES string of the molecule is C[C@]1(C(OC(=O)C(F)(F)F)c2ccc(-c3ccc4ncccc4c3)cc2)NC(=O)NC1=O. The number of hydrogen-bond acceptors (Lipinski definition) is 5. The zero-order chi connectivity index (χ0) is 23.1. The van der Waals surface area contributed by atoms with Gasteiger partial charge in [-0.2, -0.15) is 13.2 Å². The summed E-state index contributed by atoms with van der Waals surface area (Å²) in [4.78, 5) is 39.7. The number of imide groups is 1. The molecule has 0 bridgehead atoms. The van der Waals surface area contributed by atoms with E-state index in [-0.39, 0.29) is 5.56 Å². The fraction of sp³-hybridized carbons (Fsp3) is 0.182. The fourth-order valence-corrected chi connectivity index (χ4v) is 3.54. The largest absolute Gasteiger partial charge is 0.490 e. The van der Waals surface area contributed by atoms with E-state index in [2.05, 4.69) is 15.0 Å². The van der Waals surface area contributed by atoms with Crippen molar-refractivity contribution >= 4 is 28.8 Å². The molecule has 4 rings (SSSR count). The van der Waals surface area contributed by atoms with Gasteiger partial charge in [-0.15, -0.1) is 0 Å². The number of aromatic nitrogens is 1. The molecule has 10 heteroatoms. The summed E-state index contributed by atoms with van der Waals surface area (Å²) in [5.74, 6) is -3.38. The standard InChI is InChI=1S/C22H16F3N3O4/c1-21(18(29)27-20(31)28-21)17(32-19(30)22(23,24)25)13-6-4-12(5-7-13)14-8-9-16-15(11-14)3-2-10-26-16/h2-11,17H,1H3,(H2,27,28,29,31)/t17?,21-/m1/s1. The Balaban J connectivity index is 1.70. The summed E-state index contributed by atoms with van der Waals surface area (Å²) < 4.78 is 43.2. The van der Waals surface area contributed by atoms with Gasteiger partial charge in [0.25, 0.3) is 5.91 Å². The minimum absolute atomic E-state index is 0.105. The van der Waals surface area contributed by atoms with Gasteiger partial charge in [-0.05, 0) is 41.8 Å². The van der Waals surface area contributed by atoms with Crippen LogP contribution in [0.2, 0.25) is 0 Å². The summed E-state index contributed by atoms with van der Waals surface area (Å²) in [7, 11) is 0. The highest BCUT2D eigenvalue weighted by Crippen LogP contribution is 2.35. The van der Waals surface area contributed by atoms with Gasteiger partial charge in [0.15, 0.2) is 11.6 Å². The summed E-state index contributed by atoms with van der Waals surface area (Å²) in [5, 5.41) is 5.11. The quantitative estimate of drug-likeness (QED) is 0.474. The molecule has 1 aliphatic heterocycles. The van der Waals surface area contributed by atoms with Gasteiger partial charge in [-0.1, -0.05) is 36.4 Å². The van der Waals surface area contributed by atoms with Crippen molar-refractivity contribution in [2.75, 3.05) is 0 Å². The van der Waals surface area contributed by atoms with E-state index >= 15 is 0 Å². The first-order valence-electron chi connectivity index (χ1n) is 9.44. The lowest BCUT2D eigenvalue weighted by Gasteiger charge is -2.31. The maximum Gasteiger partial charge on any atom is 0.490 e. The number of pyridine rings is 1. The summed E-state index contributed by atoms with van der Waals surface area (Å²) in [6.45, 7) is 1.19. The maximum atomic E-state index is 12.9. The number of carbonyl (C=O) groups is 3. The molecule has 2 atom stereocenters. The van der Waals surface area contributed by atoms with Crippen molar-refractivity contribution in [2.24, 2.45) is 0 Å². The molecule has 2 heterocycles. The molecule has 1 unspecified atom stereocenters. The van der Waals surface area contributed by atoms with Crippen molar-refractivity contribution < 1.29 is 32.3 Å². The number of nitrogens with zero attached hydrogens (tertiary/aromatic N) is 1. The summed E-state index contributed by atoms with van der Waals surface area (Å²) in [6, 6.07) is 14.5. The van der Waals surface area contributed by atoms with Crippen molar-refractivity contribution in [2.45, 2.75) is 24.7 Å². The third-order valence-corrected chi connectivity index (χ3v) is 5.20. The Morgan fingerprint density at radius 2 is 1.75 bits per heavy atom. The number of alkyl halides is 3. The smallest absolute Gasteiger partial charge is 0.448 e. The summed E-state index contributed by atoms with van der Waals surface area (Å²) in [5.41, 5.74) is 0.565. The first kappa shape index (κ1) is 21.3. The Hall–Kier alpha value is -3.95. The third-order valence-electron chi connectivity index (χ3n) is 5.20. The molecule has 7 nitrogen and oxygen atoms in total. The predicted molar refractivity (Wildman–Crippen MR) is 107 cm³/mol. The van der Waals surface area contributed by atoms with E-state index in [1.165, 1.54) is 19.1 Å². The van der Waals surface area contributed by atoms with Gasteiger partial charge in [0.05, 0.1) is 5.52 Å². The molecule has 32 heavy (non-hydrogen) atoms. The molecule has 1 aliphatic rings. The second kappa shape index (κ2) is 7.63.